The second kappa shape index (κ2) is 8.30. The second-order valence-electron chi connectivity index (χ2n) is 4.06. The van der Waals surface area contributed by atoms with Crippen molar-refractivity contribution in [1.29, 1.82) is 0 Å². The molecule has 0 radical (unpaired) electrons. The van der Waals surface area contributed by atoms with Crippen molar-refractivity contribution in [3.63, 3.8) is 0 Å². The second-order valence-corrected chi connectivity index (χ2v) is 4.98. The van der Waals surface area contributed by atoms with Gasteiger partial charge in [-0.1, -0.05) is 5.92 Å². The summed E-state index contributed by atoms with van der Waals surface area (Å²) in [6.07, 6.45) is 6.62. The largest absolute Gasteiger partial charge is 0.344 e. The van der Waals surface area contributed by atoms with Gasteiger partial charge >= 0.3 is 0 Å². The molecule has 0 aliphatic rings. The van der Waals surface area contributed by atoms with Crippen LogP contribution in [0, 0.1) is 12.3 Å². The van der Waals surface area contributed by atoms with Crippen LogP contribution in [0.4, 0.5) is 5.82 Å². The first kappa shape index (κ1) is 16.1. The maximum atomic E-state index is 11.7. The topological polar surface area (TPSA) is 74.3 Å². The Morgan fingerprint density at radius 1 is 1.40 bits per heavy atom. The van der Waals surface area contributed by atoms with Crippen molar-refractivity contribution in [3.8, 4) is 12.3 Å². The number of halogens is 1. The predicted molar refractivity (Wildman–Crippen MR) is 79.9 cm³/mol. The van der Waals surface area contributed by atoms with Gasteiger partial charge in [-0.05, 0) is 35.1 Å². The fraction of sp³-hybridized carbons (Fsp3) is 0.308. The van der Waals surface area contributed by atoms with E-state index in [1.54, 1.807) is 30.3 Å². The lowest BCUT2D eigenvalue weighted by Gasteiger charge is -2.15. The lowest BCUT2D eigenvalue weighted by Crippen LogP contribution is -2.39. The summed E-state index contributed by atoms with van der Waals surface area (Å²) in [6.45, 7) is 0.367. The molecule has 2 amide bonds. The Morgan fingerprint density at radius 3 is 2.70 bits per heavy atom. The Balaban J connectivity index is 2.36. The molecule has 0 spiro atoms. The maximum Gasteiger partial charge on any atom is 0.239 e. The van der Waals surface area contributed by atoms with Crippen molar-refractivity contribution >= 4 is 33.6 Å². The summed E-state index contributed by atoms with van der Waals surface area (Å²) in [5.41, 5.74) is 0. The molecule has 0 aliphatic heterocycles. The van der Waals surface area contributed by atoms with Gasteiger partial charge in [0.05, 0.1) is 19.6 Å². The van der Waals surface area contributed by atoms with E-state index in [9.17, 15) is 9.59 Å². The van der Waals surface area contributed by atoms with E-state index < -0.39 is 0 Å². The fourth-order valence-corrected chi connectivity index (χ4v) is 1.62. The number of amides is 2. The summed E-state index contributed by atoms with van der Waals surface area (Å²) in [5, 5.41) is 5.17. The normalized spacial score (nSPS) is 9.90. The van der Waals surface area contributed by atoms with Gasteiger partial charge in [-0.15, -0.1) is 6.42 Å². The van der Waals surface area contributed by atoms with Crippen LogP contribution in [0.1, 0.15) is 0 Å². The Hall–Kier alpha value is -1.91. The lowest BCUT2D eigenvalue weighted by atomic mass is 10.4. The van der Waals surface area contributed by atoms with Crippen molar-refractivity contribution < 1.29 is 9.59 Å². The fourth-order valence-electron chi connectivity index (χ4n) is 1.38. The monoisotopic (exact) mass is 338 g/mol. The highest BCUT2D eigenvalue weighted by molar-refractivity contribution is 9.10. The SMILES string of the molecule is C#CCNC(=O)CN(C)CC(=O)Nc1ccc(Br)cn1. The van der Waals surface area contributed by atoms with Crippen LogP contribution in [0.3, 0.4) is 0 Å². The number of hydrogen-bond acceptors (Lipinski definition) is 4. The van der Waals surface area contributed by atoms with Gasteiger partial charge in [0.1, 0.15) is 5.82 Å². The van der Waals surface area contributed by atoms with Gasteiger partial charge in [0.2, 0.25) is 11.8 Å². The molecule has 0 saturated heterocycles. The summed E-state index contributed by atoms with van der Waals surface area (Å²) in [4.78, 5) is 28.7. The Bertz CT molecular complexity index is 510. The summed E-state index contributed by atoms with van der Waals surface area (Å²) >= 11 is 3.26. The van der Waals surface area contributed by atoms with Gasteiger partial charge < -0.3 is 10.6 Å². The Kier molecular flexibility index (Phi) is 6.70. The van der Waals surface area contributed by atoms with Gasteiger partial charge in [0.25, 0.3) is 0 Å². The zero-order valence-electron chi connectivity index (χ0n) is 11.0. The van der Waals surface area contributed by atoms with Gasteiger partial charge in [0.15, 0.2) is 0 Å². The van der Waals surface area contributed by atoms with Crippen LogP contribution in [0.5, 0.6) is 0 Å². The van der Waals surface area contributed by atoms with Crippen molar-refractivity contribution in [2.45, 2.75) is 0 Å². The molecular formula is C13H15BrN4O2. The first-order valence-corrected chi connectivity index (χ1v) is 6.60. The third-order valence-corrected chi connectivity index (χ3v) is 2.68. The number of carbonyl (C=O) groups is 2. The summed E-state index contributed by atoms with van der Waals surface area (Å²) in [6, 6.07) is 3.46. The van der Waals surface area contributed by atoms with Crippen LogP contribution < -0.4 is 10.6 Å². The lowest BCUT2D eigenvalue weighted by molar-refractivity contribution is -0.122. The van der Waals surface area contributed by atoms with Gasteiger partial charge in [-0.25, -0.2) is 4.98 Å². The molecule has 6 nitrogen and oxygen atoms in total. The number of hydrogen-bond donors (Lipinski definition) is 2. The standard InChI is InChI=1S/C13H15BrN4O2/c1-3-6-15-12(19)8-18(2)9-13(20)17-11-5-4-10(14)7-16-11/h1,4-5,7H,6,8-9H2,2H3,(H,15,19)(H,16,17,20). The molecule has 0 unspecified atom stereocenters. The Morgan fingerprint density at radius 2 is 2.10 bits per heavy atom. The van der Waals surface area contributed by atoms with Crippen LogP contribution in [-0.2, 0) is 9.59 Å². The van der Waals surface area contributed by atoms with E-state index in [1.807, 2.05) is 0 Å². The maximum absolute atomic E-state index is 11.7. The molecule has 1 aromatic rings. The number of aromatic nitrogens is 1. The molecule has 0 atom stereocenters. The first-order valence-electron chi connectivity index (χ1n) is 5.81. The van der Waals surface area contributed by atoms with Crippen molar-refractivity contribution in [2.24, 2.45) is 0 Å². The van der Waals surface area contributed by atoms with Gasteiger partial charge in [-0.3, -0.25) is 14.5 Å². The molecule has 2 N–H and O–H groups in total. The zero-order chi connectivity index (χ0) is 15.0. The average molecular weight is 339 g/mol. The van der Waals surface area contributed by atoms with Crippen LogP contribution in [0.2, 0.25) is 0 Å². The molecule has 7 heteroatoms. The highest BCUT2D eigenvalue weighted by Crippen LogP contribution is 2.10. The predicted octanol–water partition coefficient (Wildman–Crippen LogP) is 0.464. The molecule has 1 heterocycles. The Labute approximate surface area is 126 Å². The van der Waals surface area contributed by atoms with E-state index in [2.05, 4.69) is 37.5 Å². The van der Waals surface area contributed by atoms with Crippen molar-refractivity contribution in [1.82, 2.24) is 15.2 Å². The quantitative estimate of drug-likeness (QED) is 0.739. The number of rotatable bonds is 6. The smallest absolute Gasteiger partial charge is 0.239 e. The summed E-state index contributed by atoms with van der Waals surface area (Å²) in [5.74, 6) is 2.30. The molecule has 0 bridgehead atoms. The number of anilines is 1. The average Bonchev–Trinajstić information content (AvgIpc) is 2.38. The number of likely N-dealkylation sites (N-methyl/N-ethyl adjacent to an activating group) is 1. The van der Waals surface area contributed by atoms with Crippen LogP contribution in [0.15, 0.2) is 22.8 Å². The molecule has 0 fully saturated rings. The highest BCUT2D eigenvalue weighted by Gasteiger charge is 2.10. The molecule has 106 valence electrons. The highest BCUT2D eigenvalue weighted by atomic mass is 79.9. The summed E-state index contributed by atoms with van der Waals surface area (Å²) < 4.78 is 0.831. The van der Waals surface area contributed by atoms with Crippen molar-refractivity contribution in [2.75, 3.05) is 32.0 Å². The first-order chi connectivity index (χ1) is 9.51. The van der Waals surface area contributed by atoms with E-state index in [0.717, 1.165) is 4.47 Å². The minimum atomic E-state index is -0.243. The van der Waals surface area contributed by atoms with Crippen LogP contribution >= 0.6 is 15.9 Å². The molecular weight excluding hydrogens is 324 g/mol. The molecule has 0 aromatic carbocycles. The summed E-state index contributed by atoms with van der Waals surface area (Å²) in [7, 11) is 1.67. The van der Waals surface area contributed by atoms with E-state index >= 15 is 0 Å². The zero-order valence-corrected chi connectivity index (χ0v) is 12.6. The van der Waals surface area contributed by atoms with Crippen LogP contribution in [-0.4, -0.2) is 48.4 Å². The molecule has 1 aromatic heterocycles. The van der Waals surface area contributed by atoms with Gasteiger partial charge in [0, 0.05) is 10.7 Å². The third kappa shape index (κ3) is 6.31. The number of nitrogens with one attached hydrogen (secondary N) is 2. The molecule has 20 heavy (non-hydrogen) atoms. The number of pyridine rings is 1. The minimum absolute atomic E-state index is 0.0845. The molecule has 0 saturated carbocycles. The van der Waals surface area contributed by atoms with Crippen molar-refractivity contribution in [3.05, 3.63) is 22.8 Å². The third-order valence-electron chi connectivity index (χ3n) is 2.21. The minimum Gasteiger partial charge on any atom is -0.344 e. The number of terminal acetylenes is 1. The van der Waals surface area contributed by atoms with E-state index in [1.165, 1.54) is 0 Å². The molecule has 1 rings (SSSR count). The number of carbonyl (C=O) groups excluding carboxylic acids is 2. The van der Waals surface area contributed by atoms with E-state index in [0.29, 0.717) is 5.82 Å². The van der Waals surface area contributed by atoms with E-state index in [-0.39, 0.29) is 31.4 Å². The number of nitrogens with zero attached hydrogens (tertiary/aromatic N) is 2. The van der Waals surface area contributed by atoms with Gasteiger partial charge in [-0.2, -0.15) is 0 Å². The molecule has 0 aliphatic carbocycles. The van der Waals surface area contributed by atoms with E-state index in [4.69, 9.17) is 6.42 Å². The van der Waals surface area contributed by atoms with Crippen LogP contribution in [0.25, 0.3) is 0 Å².